The molecule has 1 aromatic rings. The Labute approximate surface area is 203 Å². The van der Waals surface area contributed by atoms with Gasteiger partial charge >= 0.3 is 5.97 Å². The lowest BCUT2D eigenvalue weighted by Gasteiger charge is -2.53. The maximum absolute atomic E-state index is 13.7. The number of Topliss-reactive ketones (excluding diaryl/α,β-unsaturated/α-hetero) is 1. The Morgan fingerprint density at radius 3 is 2.15 bits per heavy atom. The average molecular weight is 463 g/mol. The minimum atomic E-state index is -0.494. The van der Waals surface area contributed by atoms with E-state index in [9.17, 15) is 9.59 Å². The van der Waals surface area contributed by atoms with Gasteiger partial charge in [-0.1, -0.05) is 86.1 Å². The summed E-state index contributed by atoms with van der Waals surface area (Å²) in [6, 6.07) is 8.26. The third-order valence-corrected chi connectivity index (χ3v) is 7.15. The molecule has 0 spiro atoms. The highest BCUT2D eigenvalue weighted by Gasteiger charge is 2.58. The van der Waals surface area contributed by atoms with Gasteiger partial charge in [-0.2, -0.15) is 0 Å². The van der Waals surface area contributed by atoms with Crippen LogP contribution >= 0.6 is 0 Å². The lowest BCUT2D eigenvalue weighted by molar-refractivity contribution is -0.176. The van der Waals surface area contributed by atoms with E-state index in [0.29, 0.717) is 13.0 Å². The fourth-order valence-corrected chi connectivity index (χ4v) is 5.78. The van der Waals surface area contributed by atoms with E-state index in [4.69, 9.17) is 9.47 Å². The van der Waals surface area contributed by atoms with Crippen LogP contribution in [0.3, 0.4) is 0 Å². The third-order valence-electron chi connectivity index (χ3n) is 7.15. The number of hydrogen-bond donors (Lipinski definition) is 0. The molecular weight excluding hydrogens is 412 g/mol. The van der Waals surface area contributed by atoms with Crippen molar-refractivity contribution < 1.29 is 19.1 Å². The zero-order valence-corrected chi connectivity index (χ0v) is 23.2. The van der Waals surface area contributed by atoms with Crippen LogP contribution in [0.2, 0.25) is 0 Å². The maximum Gasteiger partial charge on any atom is 0.311 e. The predicted molar refractivity (Wildman–Crippen MR) is 138 cm³/mol. The number of esters is 1. The fraction of sp³-hybridized carbons (Fsp3) is 0.724. The highest BCUT2D eigenvalue weighted by molar-refractivity contribution is 5.92. The second kappa shape index (κ2) is 15.3. The van der Waals surface area contributed by atoms with Crippen molar-refractivity contribution >= 4 is 11.8 Å². The van der Waals surface area contributed by atoms with E-state index in [1.807, 2.05) is 60.6 Å². The highest BCUT2D eigenvalue weighted by Crippen LogP contribution is 2.53. The number of benzene rings is 1. The standard InChI is InChI=1S/C23H32O4.3C2H6/c1-6-11-23(19-10-8-7-9-14(19)2)15(3)18-13-27-16(4)21(22(25)26-5)17(18)12-20(23)24;3*1-2/h7-10,15-18,21H,6,11-13H2,1-5H3;3*1-2H3/t15-,16+,17+,18-,21-,23+;;;/m0.../s1. The molecule has 0 radical (unpaired) electrons. The number of fused-ring (bicyclic) bond motifs is 1. The van der Waals surface area contributed by atoms with Gasteiger partial charge in [0.25, 0.3) is 0 Å². The first kappa shape index (κ1) is 31.3. The topological polar surface area (TPSA) is 52.6 Å². The minimum Gasteiger partial charge on any atom is -0.469 e. The van der Waals surface area contributed by atoms with E-state index < -0.39 is 5.41 Å². The number of aryl methyl sites for hydroxylation is 1. The van der Waals surface area contributed by atoms with Gasteiger partial charge < -0.3 is 9.47 Å². The quantitative estimate of drug-likeness (QED) is 0.445. The maximum atomic E-state index is 13.7. The largest absolute Gasteiger partial charge is 0.469 e. The normalized spacial score (nSPS) is 30.2. The van der Waals surface area contributed by atoms with Crippen LogP contribution in [0.5, 0.6) is 0 Å². The lowest BCUT2D eigenvalue weighted by Crippen LogP contribution is -2.58. The van der Waals surface area contributed by atoms with Gasteiger partial charge in [0.15, 0.2) is 0 Å². The molecule has 2 aliphatic rings. The summed E-state index contributed by atoms with van der Waals surface area (Å²) in [7, 11) is 1.42. The van der Waals surface area contributed by atoms with Gasteiger partial charge in [-0.15, -0.1) is 0 Å². The molecule has 0 unspecified atom stereocenters. The molecular formula is C29H50O4. The molecule has 1 saturated carbocycles. The minimum absolute atomic E-state index is 0.00213. The molecule has 1 aromatic carbocycles. The Bertz CT molecular complexity index is 713. The number of ketones is 1. The summed E-state index contributed by atoms with van der Waals surface area (Å²) >= 11 is 0. The molecule has 1 saturated heterocycles. The molecule has 0 aromatic heterocycles. The molecule has 2 fully saturated rings. The molecule has 0 amide bonds. The Morgan fingerprint density at radius 1 is 1.06 bits per heavy atom. The summed E-state index contributed by atoms with van der Waals surface area (Å²) in [5, 5.41) is 0. The monoisotopic (exact) mass is 462 g/mol. The van der Waals surface area contributed by atoms with Gasteiger partial charge in [0.1, 0.15) is 5.78 Å². The summed E-state index contributed by atoms with van der Waals surface area (Å²) in [6.07, 6.45) is 1.99. The van der Waals surface area contributed by atoms with Gasteiger partial charge in [-0.25, -0.2) is 0 Å². The fourth-order valence-electron chi connectivity index (χ4n) is 5.78. The van der Waals surface area contributed by atoms with Gasteiger partial charge in [0.05, 0.1) is 31.2 Å². The van der Waals surface area contributed by atoms with Crippen LogP contribution in [0.15, 0.2) is 24.3 Å². The third kappa shape index (κ3) is 6.26. The predicted octanol–water partition coefficient (Wildman–Crippen LogP) is 7.16. The number of methoxy groups -OCH3 is 1. The molecule has 33 heavy (non-hydrogen) atoms. The molecule has 1 aliphatic carbocycles. The first-order valence-electron chi connectivity index (χ1n) is 13.2. The van der Waals surface area contributed by atoms with Crippen molar-refractivity contribution in [1.82, 2.24) is 0 Å². The summed E-state index contributed by atoms with van der Waals surface area (Å²) in [4.78, 5) is 26.1. The Morgan fingerprint density at radius 2 is 1.64 bits per heavy atom. The number of rotatable bonds is 4. The van der Waals surface area contributed by atoms with E-state index in [1.165, 1.54) is 12.7 Å². The Hall–Kier alpha value is -1.68. The van der Waals surface area contributed by atoms with E-state index in [-0.39, 0.29) is 41.5 Å². The van der Waals surface area contributed by atoms with E-state index in [1.54, 1.807) is 0 Å². The van der Waals surface area contributed by atoms with Crippen LogP contribution in [0.25, 0.3) is 0 Å². The molecule has 6 atom stereocenters. The van der Waals surface area contributed by atoms with Crippen molar-refractivity contribution in [2.24, 2.45) is 23.7 Å². The van der Waals surface area contributed by atoms with Crippen LogP contribution in [-0.4, -0.2) is 31.6 Å². The summed E-state index contributed by atoms with van der Waals surface area (Å²) in [6.45, 7) is 20.9. The van der Waals surface area contributed by atoms with Crippen LogP contribution in [0, 0.1) is 30.6 Å². The van der Waals surface area contributed by atoms with Crippen molar-refractivity contribution in [2.75, 3.05) is 13.7 Å². The Balaban J connectivity index is 0.00000158. The van der Waals surface area contributed by atoms with Crippen LogP contribution in [-0.2, 0) is 24.5 Å². The summed E-state index contributed by atoms with van der Waals surface area (Å²) in [5.74, 6) is -0.0561. The second-order valence-corrected chi connectivity index (χ2v) is 8.37. The van der Waals surface area contributed by atoms with Crippen molar-refractivity contribution in [2.45, 2.75) is 100 Å². The van der Waals surface area contributed by atoms with Gasteiger partial charge in [-0.3, -0.25) is 9.59 Å². The molecule has 0 N–H and O–H groups in total. The van der Waals surface area contributed by atoms with E-state index >= 15 is 0 Å². The second-order valence-electron chi connectivity index (χ2n) is 8.37. The zero-order chi connectivity index (χ0) is 25.8. The summed E-state index contributed by atoms with van der Waals surface area (Å²) < 4.78 is 11.1. The molecule has 190 valence electrons. The first-order valence-corrected chi connectivity index (χ1v) is 13.2. The number of ether oxygens (including phenoxy) is 2. The van der Waals surface area contributed by atoms with E-state index in [0.717, 1.165) is 18.4 Å². The molecule has 3 rings (SSSR count). The Kier molecular flexibility index (Phi) is 14.5. The van der Waals surface area contributed by atoms with Gasteiger partial charge in [0.2, 0.25) is 0 Å². The number of carbonyl (C=O) groups is 2. The molecule has 1 aliphatic heterocycles. The highest BCUT2D eigenvalue weighted by atomic mass is 16.5. The first-order chi connectivity index (χ1) is 15.9. The van der Waals surface area contributed by atoms with Gasteiger partial charge in [0, 0.05) is 6.42 Å². The molecule has 4 nitrogen and oxygen atoms in total. The van der Waals surface area contributed by atoms with Crippen LogP contribution in [0.4, 0.5) is 0 Å². The van der Waals surface area contributed by atoms with Crippen molar-refractivity contribution in [3.05, 3.63) is 35.4 Å². The molecule has 1 heterocycles. The van der Waals surface area contributed by atoms with Crippen LogP contribution in [0.1, 0.15) is 92.7 Å². The average Bonchev–Trinajstić information content (AvgIpc) is 2.85. The lowest BCUT2D eigenvalue weighted by atomic mass is 9.51. The van der Waals surface area contributed by atoms with E-state index in [2.05, 4.69) is 32.9 Å². The van der Waals surface area contributed by atoms with Crippen molar-refractivity contribution in [3.8, 4) is 0 Å². The SMILES string of the molecule is CC.CC.CC.CCC[C@@]1(c2ccccc2C)C(=O)C[C@@H]2[C@@H](CO[C@H](C)[C@@H]2C(=O)OC)[C@@H]1C. The van der Waals surface area contributed by atoms with Crippen LogP contribution < -0.4 is 0 Å². The number of carbonyl (C=O) groups excluding carboxylic acids is 2. The van der Waals surface area contributed by atoms with Gasteiger partial charge in [-0.05, 0) is 49.1 Å². The number of hydrogen-bond acceptors (Lipinski definition) is 4. The zero-order valence-electron chi connectivity index (χ0n) is 23.2. The smallest absolute Gasteiger partial charge is 0.311 e. The molecule has 4 heteroatoms. The van der Waals surface area contributed by atoms with Crippen molar-refractivity contribution in [1.29, 1.82) is 0 Å². The molecule has 0 bridgehead atoms. The van der Waals surface area contributed by atoms with Crippen molar-refractivity contribution in [3.63, 3.8) is 0 Å². The summed E-state index contributed by atoms with van der Waals surface area (Å²) in [5.41, 5.74) is 1.82.